The van der Waals surface area contributed by atoms with Crippen LogP contribution in [0.15, 0.2) is 54.6 Å². The van der Waals surface area contributed by atoms with Crippen LogP contribution < -0.4 is 10.6 Å². The number of hydrogen-bond acceptors (Lipinski definition) is 2. The second kappa shape index (κ2) is 7.60. The zero-order valence-electron chi connectivity index (χ0n) is 12.6. The van der Waals surface area contributed by atoms with E-state index in [1.165, 1.54) is 12.5 Å². The van der Waals surface area contributed by atoms with Crippen molar-refractivity contribution < 1.29 is 4.79 Å². The van der Waals surface area contributed by atoms with Gasteiger partial charge >= 0.3 is 0 Å². The van der Waals surface area contributed by atoms with E-state index in [-0.39, 0.29) is 5.91 Å². The summed E-state index contributed by atoms with van der Waals surface area (Å²) in [6, 6.07) is 18.6. The lowest BCUT2D eigenvalue weighted by molar-refractivity contribution is -0.114. The minimum atomic E-state index is -0.0439. The van der Waals surface area contributed by atoms with E-state index in [0.717, 1.165) is 24.2 Å². The third-order valence-corrected chi connectivity index (χ3v) is 3.48. The maximum absolute atomic E-state index is 11.2. The molecule has 0 bridgehead atoms. The predicted molar refractivity (Wildman–Crippen MR) is 87.1 cm³/mol. The number of carbonyl (C=O) groups excluding carboxylic acids is 1. The minimum absolute atomic E-state index is 0.0439. The number of anilines is 1. The fourth-order valence-corrected chi connectivity index (χ4v) is 2.40. The number of benzene rings is 2. The van der Waals surface area contributed by atoms with E-state index < -0.39 is 0 Å². The molecule has 0 saturated carbocycles. The van der Waals surface area contributed by atoms with Gasteiger partial charge in [0.05, 0.1) is 0 Å². The van der Waals surface area contributed by atoms with E-state index in [0.29, 0.717) is 6.04 Å². The van der Waals surface area contributed by atoms with Gasteiger partial charge < -0.3 is 10.6 Å². The number of rotatable bonds is 6. The highest BCUT2D eigenvalue weighted by molar-refractivity contribution is 5.89. The van der Waals surface area contributed by atoms with Crippen molar-refractivity contribution in [3.8, 4) is 0 Å². The Kier molecular flexibility index (Phi) is 5.52. The third kappa shape index (κ3) is 4.43. The first-order valence-corrected chi connectivity index (χ1v) is 7.34. The highest BCUT2D eigenvalue weighted by atomic mass is 16.1. The van der Waals surface area contributed by atoms with E-state index in [2.05, 4.69) is 41.8 Å². The van der Waals surface area contributed by atoms with Crippen LogP contribution in [0.3, 0.4) is 0 Å². The van der Waals surface area contributed by atoms with Crippen molar-refractivity contribution in [3.63, 3.8) is 0 Å². The van der Waals surface area contributed by atoms with Gasteiger partial charge in [-0.15, -0.1) is 0 Å². The van der Waals surface area contributed by atoms with Gasteiger partial charge in [-0.3, -0.25) is 4.79 Å². The fourth-order valence-electron chi connectivity index (χ4n) is 2.40. The molecule has 0 saturated heterocycles. The van der Waals surface area contributed by atoms with Crippen molar-refractivity contribution in [2.45, 2.75) is 32.9 Å². The summed E-state index contributed by atoms with van der Waals surface area (Å²) in [6.45, 7) is 4.43. The number of amides is 1. The molecule has 2 N–H and O–H groups in total. The van der Waals surface area contributed by atoms with Crippen molar-refractivity contribution in [1.82, 2.24) is 5.32 Å². The van der Waals surface area contributed by atoms with E-state index in [1.807, 2.05) is 30.3 Å². The molecule has 0 spiro atoms. The first-order valence-electron chi connectivity index (χ1n) is 7.34. The molecule has 0 aliphatic carbocycles. The average molecular weight is 282 g/mol. The monoisotopic (exact) mass is 282 g/mol. The third-order valence-electron chi connectivity index (χ3n) is 3.48. The summed E-state index contributed by atoms with van der Waals surface area (Å²) in [5.74, 6) is -0.0439. The highest BCUT2D eigenvalue weighted by Gasteiger charge is 2.09. The summed E-state index contributed by atoms with van der Waals surface area (Å²) in [7, 11) is 0. The first-order chi connectivity index (χ1) is 10.2. The molecule has 0 aliphatic rings. The van der Waals surface area contributed by atoms with Crippen molar-refractivity contribution in [2.24, 2.45) is 0 Å². The predicted octanol–water partition coefficient (Wildman–Crippen LogP) is 3.89. The Balaban J connectivity index is 2.06. The molecule has 0 aromatic heterocycles. The second-order valence-corrected chi connectivity index (χ2v) is 5.09. The van der Waals surface area contributed by atoms with E-state index in [1.54, 1.807) is 0 Å². The number of carbonyl (C=O) groups is 1. The smallest absolute Gasteiger partial charge is 0.221 e. The Labute approximate surface area is 126 Å². The SMILES string of the molecule is CCC(NCc1ccccc1NC(C)=O)c1ccccc1. The molecule has 1 amide bonds. The van der Waals surface area contributed by atoms with Crippen molar-refractivity contribution in [2.75, 3.05) is 5.32 Å². The molecule has 0 radical (unpaired) electrons. The molecule has 2 aromatic carbocycles. The van der Waals surface area contributed by atoms with E-state index >= 15 is 0 Å². The fraction of sp³-hybridized carbons (Fsp3) is 0.278. The largest absolute Gasteiger partial charge is 0.326 e. The Morgan fingerprint density at radius 2 is 1.71 bits per heavy atom. The van der Waals surface area contributed by atoms with Gasteiger partial charge in [0.2, 0.25) is 5.91 Å². The van der Waals surface area contributed by atoms with Crippen LogP contribution in [-0.4, -0.2) is 5.91 Å². The van der Waals surface area contributed by atoms with Crippen LogP contribution in [0, 0.1) is 0 Å². The van der Waals surface area contributed by atoms with Gasteiger partial charge in [-0.1, -0.05) is 55.5 Å². The van der Waals surface area contributed by atoms with Crippen LogP contribution in [0.5, 0.6) is 0 Å². The average Bonchev–Trinajstić information content (AvgIpc) is 2.50. The molecule has 0 fully saturated rings. The molecule has 1 unspecified atom stereocenters. The molecule has 3 heteroatoms. The maximum atomic E-state index is 11.2. The summed E-state index contributed by atoms with van der Waals surface area (Å²) in [5, 5.41) is 6.44. The molecule has 1 atom stereocenters. The Hall–Kier alpha value is -2.13. The molecule has 0 aliphatic heterocycles. The molecule has 2 rings (SSSR count). The van der Waals surface area contributed by atoms with E-state index in [4.69, 9.17) is 0 Å². The Morgan fingerprint density at radius 1 is 1.05 bits per heavy atom. The topological polar surface area (TPSA) is 41.1 Å². The van der Waals surface area contributed by atoms with Crippen LogP contribution in [0.1, 0.15) is 37.4 Å². The standard InChI is InChI=1S/C18H22N2O/c1-3-17(15-9-5-4-6-10-15)19-13-16-11-7-8-12-18(16)20-14(2)21/h4-12,17,19H,3,13H2,1-2H3,(H,20,21). The second-order valence-electron chi connectivity index (χ2n) is 5.09. The number of para-hydroxylation sites is 1. The Bertz CT molecular complexity index is 581. The van der Waals surface area contributed by atoms with Gasteiger partial charge in [-0.25, -0.2) is 0 Å². The van der Waals surface area contributed by atoms with Crippen LogP contribution in [0.25, 0.3) is 0 Å². The molecule has 2 aromatic rings. The molecule has 110 valence electrons. The molecular weight excluding hydrogens is 260 g/mol. The molecule has 3 nitrogen and oxygen atoms in total. The normalized spacial score (nSPS) is 11.9. The summed E-state index contributed by atoms with van der Waals surface area (Å²) < 4.78 is 0. The summed E-state index contributed by atoms with van der Waals surface area (Å²) in [4.78, 5) is 11.2. The lowest BCUT2D eigenvalue weighted by Crippen LogP contribution is -2.21. The molecule has 0 heterocycles. The van der Waals surface area contributed by atoms with Gasteiger partial charge in [0.25, 0.3) is 0 Å². The first kappa shape index (κ1) is 15.3. The summed E-state index contributed by atoms with van der Waals surface area (Å²) in [6.07, 6.45) is 1.02. The van der Waals surface area contributed by atoms with Gasteiger partial charge in [0.15, 0.2) is 0 Å². The van der Waals surface area contributed by atoms with Crippen LogP contribution in [0.2, 0.25) is 0 Å². The maximum Gasteiger partial charge on any atom is 0.221 e. The van der Waals surface area contributed by atoms with Crippen LogP contribution in [-0.2, 0) is 11.3 Å². The molecular formula is C18H22N2O. The Morgan fingerprint density at radius 3 is 2.38 bits per heavy atom. The number of hydrogen-bond donors (Lipinski definition) is 2. The lowest BCUT2D eigenvalue weighted by Gasteiger charge is -2.19. The van der Waals surface area contributed by atoms with E-state index in [9.17, 15) is 4.79 Å². The zero-order chi connectivity index (χ0) is 15.1. The quantitative estimate of drug-likeness (QED) is 0.844. The zero-order valence-corrected chi connectivity index (χ0v) is 12.6. The van der Waals surface area contributed by atoms with Crippen LogP contribution >= 0.6 is 0 Å². The van der Waals surface area contributed by atoms with Gasteiger partial charge in [-0.05, 0) is 23.6 Å². The highest BCUT2D eigenvalue weighted by Crippen LogP contribution is 2.19. The minimum Gasteiger partial charge on any atom is -0.326 e. The summed E-state index contributed by atoms with van der Waals surface area (Å²) in [5.41, 5.74) is 3.26. The number of nitrogens with one attached hydrogen (secondary N) is 2. The van der Waals surface area contributed by atoms with Gasteiger partial charge in [-0.2, -0.15) is 0 Å². The van der Waals surface area contributed by atoms with Gasteiger partial charge in [0.1, 0.15) is 0 Å². The van der Waals surface area contributed by atoms with Crippen molar-refractivity contribution in [1.29, 1.82) is 0 Å². The molecule has 21 heavy (non-hydrogen) atoms. The van der Waals surface area contributed by atoms with Crippen LogP contribution in [0.4, 0.5) is 5.69 Å². The summed E-state index contributed by atoms with van der Waals surface area (Å²) >= 11 is 0. The van der Waals surface area contributed by atoms with Crippen molar-refractivity contribution >= 4 is 11.6 Å². The lowest BCUT2D eigenvalue weighted by atomic mass is 10.0. The van der Waals surface area contributed by atoms with Crippen molar-refractivity contribution in [3.05, 3.63) is 65.7 Å². The van der Waals surface area contributed by atoms with Gasteiger partial charge in [0, 0.05) is 25.2 Å².